The summed E-state index contributed by atoms with van der Waals surface area (Å²) in [6.07, 6.45) is -9.13. The molecule has 1 N–H and O–H groups in total. The van der Waals surface area contributed by atoms with E-state index in [1.54, 1.807) is 6.92 Å². The third-order valence-corrected chi connectivity index (χ3v) is 6.98. The van der Waals surface area contributed by atoms with E-state index in [1.807, 2.05) is 0 Å². The molecule has 1 fully saturated rings. The van der Waals surface area contributed by atoms with Gasteiger partial charge in [-0.2, -0.15) is 30.7 Å². The highest BCUT2D eigenvalue weighted by atomic mass is 32.1. The molecule has 0 unspecified atom stereocenters. The maximum Gasteiger partial charge on any atom is 0.434 e. The van der Waals surface area contributed by atoms with E-state index < -0.39 is 42.7 Å². The van der Waals surface area contributed by atoms with E-state index in [0.29, 0.717) is 22.5 Å². The number of nitrogens with one attached hydrogen (secondary N) is 1. The number of nitrogens with zero attached hydrogens (tertiary/aromatic N) is 5. The van der Waals surface area contributed by atoms with Gasteiger partial charge in [-0.1, -0.05) is 0 Å². The van der Waals surface area contributed by atoms with Crippen LogP contribution in [0.2, 0.25) is 0 Å². The zero-order chi connectivity index (χ0) is 29.1. The molecule has 3 aromatic rings. The van der Waals surface area contributed by atoms with Crippen LogP contribution in [0, 0.1) is 6.92 Å². The number of aryl methyl sites for hydroxylation is 1. The highest BCUT2D eigenvalue weighted by Crippen LogP contribution is 2.28. The van der Waals surface area contributed by atoms with Gasteiger partial charge in [0.05, 0.1) is 41.5 Å². The van der Waals surface area contributed by atoms with Gasteiger partial charge >= 0.3 is 12.4 Å². The van der Waals surface area contributed by atoms with Gasteiger partial charge in [-0.3, -0.25) is 14.7 Å². The molecule has 8 nitrogen and oxygen atoms in total. The number of hydrogen-bond acceptors (Lipinski definition) is 8. The second-order valence-electron chi connectivity index (χ2n) is 9.10. The average molecular weight is 593 g/mol. The van der Waals surface area contributed by atoms with Gasteiger partial charge in [-0.15, -0.1) is 0 Å². The maximum absolute atomic E-state index is 14.5. The minimum atomic E-state index is -4.61. The number of likely N-dealkylation sites (tertiary alicyclic amines) is 1. The first-order chi connectivity index (χ1) is 18.8. The van der Waals surface area contributed by atoms with E-state index in [9.17, 15) is 35.5 Å². The molecule has 4 heterocycles. The molecule has 0 aliphatic carbocycles. The van der Waals surface area contributed by atoms with Crippen molar-refractivity contribution < 1.29 is 40.3 Å². The van der Waals surface area contributed by atoms with E-state index >= 15 is 0 Å². The summed E-state index contributed by atoms with van der Waals surface area (Å²) in [5, 5.41) is 2.66. The average Bonchev–Trinajstić information content (AvgIpc) is 3.24. The van der Waals surface area contributed by atoms with Gasteiger partial charge in [0, 0.05) is 43.2 Å². The second kappa shape index (κ2) is 12.0. The van der Waals surface area contributed by atoms with Crippen LogP contribution in [0.15, 0.2) is 30.7 Å². The molecule has 1 aliphatic heterocycles. The number of piperidine rings is 1. The van der Waals surface area contributed by atoms with E-state index in [4.69, 9.17) is 4.74 Å². The first-order valence-electron chi connectivity index (χ1n) is 12.0. The van der Waals surface area contributed by atoms with Gasteiger partial charge in [0.25, 0.3) is 5.91 Å². The van der Waals surface area contributed by atoms with Crippen LogP contribution in [0.4, 0.5) is 36.4 Å². The summed E-state index contributed by atoms with van der Waals surface area (Å²) in [5.41, 5.74) is 0.0571. The topological polar surface area (TPSA) is 93.1 Å². The Morgan fingerprint density at radius 3 is 2.50 bits per heavy atom. The van der Waals surface area contributed by atoms with Crippen LogP contribution in [0.5, 0.6) is 5.88 Å². The van der Waals surface area contributed by atoms with E-state index in [2.05, 4.69) is 24.6 Å². The summed E-state index contributed by atoms with van der Waals surface area (Å²) in [6, 6.07) is 2.91. The van der Waals surface area contributed by atoms with Crippen LogP contribution in [-0.4, -0.2) is 68.2 Å². The van der Waals surface area contributed by atoms with Crippen molar-refractivity contribution in [2.45, 2.75) is 50.8 Å². The second-order valence-corrected chi connectivity index (χ2v) is 9.96. The predicted octanol–water partition coefficient (Wildman–Crippen LogP) is 5.24. The summed E-state index contributed by atoms with van der Waals surface area (Å²) < 4.78 is 99.7. The Labute approximate surface area is 227 Å². The smallest absolute Gasteiger partial charge is 0.434 e. The van der Waals surface area contributed by atoms with Crippen LogP contribution in [0.1, 0.15) is 45.2 Å². The Morgan fingerprint density at radius 1 is 1.12 bits per heavy atom. The molecule has 1 saturated heterocycles. The molecule has 0 radical (unpaired) electrons. The Balaban J connectivity index is 1.33. The molecule has 16 heteroatoms. The molecule has 0 bridgehead atoms. The molecular weight excluding hydrogens is 569 g/mol. The van der Waals surface area contributed by atoms with Crippen LogP contribution >= 0.6 is 11.5 Å². The molecule has 0 saturated carbocycles. The maximum atomic E-state index is 14.5. The fourth-order valence-corrected chi connectivity index (χ4v) is 4.91. The van der Waals surface area contributed by atoms with Crippen LogP contribution in [0.25, 0.3) is 0 Å². The largest absolute Gasteiger partial charge is 0.471 e. The number of carbonyl (C=O) groups is 1. The SMILES string of the molecule is Cc1nsc(Cc2cnc(C(F)(F)F)cn2)c1C(=O)Nc1ccc(O[C@@H]2CCN(CCC(F)(F)F)C[C@@H]2F)nc1. The molecule has 0 spiro atoms. The number of alkyl halides is 7. The molecule has 2 atom stereocenters. The van der Waals surface area contributed by atoms with Crippen molar-refractivity contribution in [2.24, 2.45) is 0 Å². The first-order valence-corrected chi connectivity index (χ1v) is 12.8. The van der Waals surface area contributed by atoms with Crippen molar-refractivity contribution >= 4 is 23.1 Å². The molecule has 3 aromatic heterocycles. The third kappa shape index (κ3) is 7.84. The molecule has 4 rings (SSSR count). The zero-order valence-electron chi connectivity index (χ0n) is 20.9. The number of hydrogen-bond donors (Lipinski definition) is 1. The zero-order valence-corrected chi connectivity index (χ0v) is 21.7. The standard InChI is InChI=1S/C24H23F7N6O2S/c1-13-21(18(40-36-13)8-15-10-33-19(11-32-15)24(29,30)31)22(38)35-14-2-3-20(34-9-14)39-17-4-6-37(12-16(17)25)7-5-23(26,27)28/h2-3,9-11,16-17H,4-8,12H2,1H3,(H,35,38)/t16-,17+/m0/s1. The number of amides is 1. The number of rotatable bonds is 8. The van der Waals surface area contributed by atoms with Gasteiger partial charge in [0.15, 0.2) is 5.69 Å². The summed E-state index contributed by atoms with van der Waals surface area (Å²) in [4.78, 5) is 26.1. The quantitative estimate of drug-likeness (QED) is 0.358. The summed E-state index contributed by atoms with van der Waals surface area (Å²) in [6.45, 7) is 1.42. The predicted molar refractivity (Wildman–Crippen MR) is 130 cm³/mol. The fraction of sp³-hybridized carbons (Fsp3) is 0.458. The van der Waals surface area contributed by atoms with Gasteiger partial charge < -0.3 is 10.1 Å². The first kappa shape index (κ1) is 29.6. The Bertz CT molecular complexity index is 1300. The van der Waals surface area contributed by atoms with Crippen LogP contribution < -0.4 is 10.1 Å². The highest BCUT2D eigenvalue weighted by Gasteiger charge is 2.34. The van der Waals surface area contributed by atoms with Gasteiger partial charge in [0.1, 0.15) is 12.3 Å². The summed E-state index contributed by atoms with van der Waals surface area (Å²) in [5.74, 6) is -0.434. The molecule has 0 aromatic carbocycles. The number of anilines is 1. The summed E-state index contributed by atoms with van der Waals surface area (Å²) in [7, 11) is 0. The lowest BCUT2D eigenvalue weighted by Crippen LogP contribution is -2.47. The number of ether oxygens (including phenoxy) is 1. The fourth-order valence-electron chi connectivity index (χ4n) is 4.02. The highest BCUT2D eigenvalue weighted by molar-refractivity contribution is 7.06. The van der Waals surface area contributed by atoms with Gasteiger partial charge in [-0.05, 0) is 30.9 Å². The normalized spacial score (nSPS) is 18.5. The van der Waals surface area contributed by atoms with E-state index in [-0.39, 0.29) is 49.6 Å². The minimum absolute atomic E-state index is 0.0455. The van der Waals surface area contributed by atoms with Crippen molar-refractivity contribution in [1.29, 1.82) is 0 Å². The van der Waals surface area contributed by atoms with Crippen molar-refractivity contribution in [2.75, 3.05) is 25.0 Å². The Morgan fingerprint density at radius 2 is 1.90 bits per heavy atom. The van der Waals surface area contributed by atoms with Crippen LogP contribution in [0.3, 0.4) is 0 Å². The van der Waals surface area contributed by atoms with Gasteiger partial charge in [-0.25, -0.2) is 14.4 Å². The summed E-state index contributed by atoms with van der Waals surface area (Å²) >= 11 is 1.01. The van der Waals surface area contributed by atoms with Crippen molar-refractivity contribution in [3.63, 3.8) is 0 Å². The number of carbonyl (C=O) groups excluding carboxylic acids is 1. The van der Waals surface area contributed by atoms with Gasteiger partial charge in [0.2, 0.25) is 5.88 Å². The number of halogens is 7. The monoisotopic (exact) mass is 592 g/mol. The van der Waals surface area contributed by atoms with Crippen molar-refractivity contribution in [3.8, 4) is 5.88 Å². The number of pyridine rings is 1. The molecular formula is C24H23F7N6O2S. The molecule has 1 amide bonds. The third-order valence-electron chi connectivity index (χ3n) is 6.04. The molecule has 1 aliphatic rings. The van der Waals surface area contributed by atoms with Crippen molar-refractivity contribution in [1.82, 2.24) is 24.2 Å². The van der Waals surface area contributed by atoms with Crippen molar-refractivity contribution in [3.05, 3.63) is 58.2 Å². The van der Waals surface area contributed by atoms with E-state index in [1.165, 1.54) is 23.2 Å². The Kier molecular flexibility index (Phi) is 8.87. The lowest BCUT2D eigenvalue weighted by Gasteiger charge is -2.34. The Hall–Kier alpha value is -3.40. The van der Waals surface area contributed by atoms with Crippen LogP contribution in [-0.2, 0) is 12.6 Å². The molecule has 216 valence electrons. The number of aromatic nitrogens is 4. The molecule has 40 heavy (non-hydrogen) atoms. The minimum Gasteiger partial charge on any atom is -0.471 e. The lowest BCUT2D eigenvalue weighted by atomic mass is 10.1. The lowest BCUT2D eigenvalue weighted by molar-refractivity contribution is -0.141. The van der Waals surface area contributed by atoms with E-state index in [0.717, 1.165) is 17.7 Å².